The number of quaternary nitrogens is 1. The number of hydrogen-bond donors (Lipinski definition) is 2. The van der Waals surface area contributed by atoms with Crippen LogP contribution < -0.4 is 5.32 Å². The summed E-state index contributed by atoms with van der Waals surface area (Å²) in [5.74, 6) is -0.590. The molecule has 0 spiro atoms. The molecular formula is C63H116N2O7P+. The fraction of sp³-hybridized carbons (Fsp3) is 0.778. The fourth-order valence-electron chi connectivity index (χ4n) is 8.41. The minimum absolute atomic E-state index is 0.0278. The highest BCUT2D eigenvalue weighted by molar-refractivity contribution is 7.47. The molecule has 0 saturated heterocycles. The van der Waals surface area contributed by atoms with Gasteiger partial charge in [0.2, 0.25) is 5.91 Å². The molecule has 73 heavy (non-hydrogen) atoms. The van der Waals surface area contributed by atoms with E-state index in [9.17, 15) is 19.0 Å². The molecule has 0 aliphatic carbocycles. The van der Waals surface area contributed by atoms with Crippen LogP contribution >= 0.6 is 7.82 Å². The van der Waals surface area contributed by atoms with E-state index in [0.29, 0.717) is 17.4 Å². The van der Waals surface area contributed by atoms with Gasteiger partial charge in [-0.1, -0.05) is 235 Å². The number of nitrogens with one attached hydrogen (secondary N) is 1. The number of phosphoric ester groups is 1. The first-order chi connectivity index (χ1) is 35.4. The lowest BCUT2D eigenvalue weighted by atomic mass is 10.0. The number of likely N-dealkylation sites (N-methyl/N-ethyl adjacent to an activating group) is 1. The molecule has 2 N–H and O–H groups in total. The van der Waals surface area contributed by atoms with Crippen LogP contribution in [0.3, 0.4) is 0 Å². The van der Waals surface area contributed by atoms with Crippen LogP contribution in [0, 0.1) is 0 Å². The van der Waals surface area contributed by atoms with E-state index in [1.165, 1.54) is 148 Å². The maximum Gasteiger partial charge on any atom is 0.472 e. The third-order valence-corrected chi connectivity index (χ3v) is 14.1. The first-order valence-electron chi connectivity index (χ1n) is 30.3. The molecule has 0 fully saturated rings. The fourth-order valence-corrected chi connectivity index (χ4v) is 9.14. The van der Waals surface area contributed by atoms with Crippen LogP contribution in [-0.4, -0.2) is 74.3 Å². The Labute approximate surface area is 451 Å². The van der Waals surface area contributed by atoms with Crippen LogP contribution in [0.5, 0.6) is 0 Å². The summed E-state index contributed by atoms with van der Waals surface area (Å²) in [6, 6.07) is -0.883. The summed E-state index contributed by atoms with van der Waals surface area (Å²) < 4.78 is 30.6. The Morgan fingerprint density at radius 3 is 1.30 bits per heavy atom. The normalized spacial score (nSPS) is 14.2. The van der Waals surface area contributed by atoms with Crippen LogP contribution in [0.2, 0.25) is 0 Å². The molecule has 10 heteroatoms. The quantitative estimate of drug-likeness (QED) is 0.0205. The molecule has 0 aliphatic rings. The number of hydrogen-bond acceptors (Lipinski definition) is 6. The Hall–Kier alpha value is -2.55. The van der Waals surface area contributed by atoms with Crippen molar-refractivity contribution in [2.24, 2.45) is 0 Å². The van der Waals surface area contributed by atoms with E-state index in [1.807, 2.05) is 39.4 Å². The first-order valence-corrected chi connectivity index (χ1v) is 31.8. The third-order valence-electron chi connectivity index (χ3n) is 13.1. The van der Waals surface area contributed by atoms with Gasteiger partial charge in [-0.15, -0.1) is 0 Å². The maximum atomic E-state index is 13.5. The number of ether oxygens (including phenoxy) is 1. The predicted octanol–water partition coefficient (Wildman–Crippen LogP) is 18.4. The number of allylic oxidation sites excluding steroid dienone is 11. The first kappa shape index (κ1) is 70.5. The molecule has 424 valence electrons. The van der Waals surface area contributed by atoms with Crippen molar-refractivity contribution in [2.45, 2.75) is 277 Å². The van der Waals surface area contributed by atoms with Gasteiger partial charge in [-0.2, -0.15) is 0 Å². The summed E-state index contributed by atoms with van der Waals surface area (Å²) in [4.78, 5) is 37.6. The zero-order valence-corrected chi connectivity index (χ0v) is 49.3. The van der Waals surface area contributed by atoms with Gasteiger partial charge >= 0.3 is 13.8 Å². The molecule has 0 heterocycles. The van der Waals surface area contributed by atoms with Crippen molar-refractivity contribution in [2.75, 3.05) is 40.9 Å². The number of rotatable bonds is 54. The molecule has 0 aliphatic heterocycles. The van der Waals surface area contributed by atoms with E-state index in [-0.39, 0.29) is 37.9 Å². The molecule has 3 unspecified atom stereocenters. The molecule has 0 saturated carbocycles. The molecule has 0 bridgehead atoms. The van der Waals surface area contributed by atoms with E-state index in [4.69, 9.17) is 13.8 Å². The topological polar surface area (TPSA) is 111 Å². The van der Waals surface area contributed by atoms with Crippen molar-refractivity contribution in [3.8, 4) is 0 Å². The Balaban J connectivity index is 5.34. The highest BCUT2D eigenvalue weighted by Gasteiger charge is 2.30. The van der Waals surface area contributed by atoms with Gasteiger partial charge in [0.05, 0.1) is 33.8 Å². The Morgan fingerprint density at radius 2 is 0.849 bits per heavy atom. The molecule has 3 atom stereocenters. The van der Waals surface area contributed by atoms with Gasteiger partial charge in [-0.25, -0.2) is 4.57 Å². The number of carbonyl (C=O) groups excluding carboxylic acids is 2. The number of esters is 1. The van der Waals surface area contributed by atoms with Crippen molar-refractivity contribution < 1.29 is 37.3 Å². The van der Waals surface area contributed by atoms with Gasteiger partial charge in [-0.3, -0.25) is 18.6 Å². The van der Waals surface area contributed by atoms with Gasteiger partial charge in [0.1, 0.15) is 19.3 Å². The monoisotopic (exact) mass is 1040 g/mol. The van der Waals surface area contributed by atoms with Crippen LogP contribution in [0.15, 0.2) is 72.9 Å². The summed E-state index contributed by atoms with van der Waals surface area (Å²) in [7, 11) is 1.46. The predicted molar refractivity (Wildman–Crippen MR) is 314 cm³/mol. The Morgan fingerprint density at radius 1 is 0.479 bits per heavy atom. The number of carbonyl (C=O) groups is 2. The molecule has 1 amide bonds. The molecule has 9 nitrogen and oxygen atoms in total. The summed E-state index contributed by atoms with van der Waals surface area (Å²) in [6.07, 6.45) is 67.7. The number of phosphoric acid groups is 1. The van der Waals surface area contributed by atoms with E-state index in [2.05, 4.69) is 80.8 Å². The summed E-state index contributed by atoms with van der Waals surface area (Å²) in [6.45, 7) is 6.93. The minimum atomic E-state index is -4.46. The minimum Gasteiger partial charge on any atom is -0.456 e. The standard InChI is InChI=1S/C63H115N2O7P/c1-7-10-13-16-19-22-25-28-29-30-31-32-33-34-35-38-41-44-47-50-53-56-63(67)72-61(54-51-48-45-42-39-36-26-23-20-17-14-11-8-2)60(59-71-73(68,69)70-58-57-65(4,5)6)64-62(66)55-52-49-46-43-40-37-27-24-21-18-15-12-9-3/h19,22,28-29,31-32,37,40,46,49,51,54,60-61H,7-18,20-21,23-27,30,33-36,38-39,41-45,47-48,50,52-53,55-59H2,1-6H3,(H-,64,66,68,69)/p+1/b22-19-,29-28-,32-31-,40-37-,49-46+,54-51-. The maximum absolute atomic E-state index is 13.5. The van der Waals surface area contributed by atoms with Crippen molar-refractivity contribution in [3.05, 3.63) is 72.9 Å². The number of nitrogens with zero attached hydrogens (tertiary/aromatic N) is 1. The molecule has 0 radical (unpaired) electrons. The lowest BCUT2D eigenvalue weighted by Crippen LogP contribution is -2.47. The summed E-state index contributed by atoms with van der Waals surface area (Å²) in [5, 5.41) is 3.01. The van der Waals surface area contributed by atoms with Gasteiger partial charge < -0.3 is 19.4 Å². The molecule has 0 rings (SSSR count). The number of amides is 1. The third kappa shape index (κ3) is 54.1. The second-order valence-corrected chi connectivity index (χ2v) is 23.0. The van der Waals surface area contributed by atoms with Gasteiger partial charge in [0, 0.05) is 12.8 Å². The zero-order chi connectivity index (χ0) is 53.6. The SMILES string of the molecule is CCCCC/C=C\C/C=C\C/C=C\CCCCCCCCCCC(=O)OC(/C=C\CCCCCCCCCCCCC)C(COP(=O)(O)OCC[N+](C)(C)C)NC(=O)CC/C=C/C/C=C\CCCCCCCC. The highest BCUT2D eigenvalue weighted by atomic mass is 31.2. The van der Waals surface area contributed by atoms with Crippen LogP contribution in [-0.2, 0) is 27.9 Å². The smallest absolute Gasteiger partial charge is 0.456 e. The second-order valence-electron chi connectivity index (χ2n) is 21.5. The van der Waals surface area contributed by atoms with E-state index in [0.717, 1.165) is 77.0 Å². The van der Waals surface area contributed by atoms with Crippen LogP contribution in [0.1, 0.15) is 265 Å². The summed E-state index contributed by atoms with van der Waals surface area (Å²) >= 11 is 0. The van der Waals surface area contributed by atoms with E-state index >= 15 is 0 Å². The van der Waals surface area contributed by atoms with E-state index < -0.39 is 20.0 Å². The molecule has 0 aromatic rings. The second kappa shape index (κ2) is 52.9. The average Bonchev–Trinajstić information content (AvgIpc) is 3.35. The molecule has 0 aromatic heterocycles. The van der Waals surface area contributed by atoms with Gasteiger partial charge in [0.25, 0.3) is 0 Å². The summed E-state index contributed by atoms with van der Waals surface area (Å²) in [5.41, 5.74) is 0. The van der Waals surface area contributed by atoms with Gasteiger partial charge in [0.15, 0.2) is 0 Å². The highest BCUT2D eigenvalue weighted by Crippen LogP contribution is 2.43. The average molecular weight is 1040 g/mol. The zero-order valence-electron chi connectivity index (χ0n) is 48.4. The lowest BCUT2D eigenvalue weighted by molar-refractivity contribution is -0.870. The van der Waals surface area contributed by atoms with Crippen molar-refractivity contribution in [1.82, 2.24) is 5.32 Å². The molecular weight excluding hydrogens is 928 g/mol. The number of unbranched alkanes of at least 4 members (excludes halogenated alkanes) is 28. The Kier molecular flexibility index (Phi) is 51.0. The lowest BCUT2D eigenvalue weighted by Gasteiger charge is -2.27. The Bertz CT molecular complexity index is 1480. The largest absolute Gasteiger partial charge is 0.472 e. The van der Waals surface area contributed by atoms with Crippen LogP contribution in [0.4, 0.5) is 0 Å². The van der Waals surface area contributed by atoms with Crippen molar-refractivity contribution >= 4 is 19.7 Å². The molecule has 0 aromatic carbocycles. The van der Waals surface area contributed by atoms with Gasteiger partial charge in [-0.05, 0) is 89.5 Å². The van der Waals surface area contributed by atoms with Crippen molar-refractivity contribution in [3.63, 3.8) is 0 Å². The van der Waals surface area contributed by atoms with Crippen molar-refractivity contribution in [1.29, 1.82) is 0 Å². The van der Waals surface area contributed by atoms with E-state index in [1.54, 1.807) is 0 Å². The van der Waals surface area contributed by atoms with Crippen LogP contribution in [0.25, 0.3) is 0 Å².